The summed E-state index contributed by atoms with van der Waals surface area (Å²) >= 11 is 0. The zero-order valence-corrected chi connectivity index (χ0v) is 13.7. The lowest BCUT2D eigenvalue weighted by Gasteiger charge is -2.41. The SMILES string of the molecule is CO[C@H]1O[C@@H]([C@@H](C)O)[C@H](OC)C[C@@H]1OCc1ccccc1C. The summed E-state index contributed by atoms with van der Waals surface area (Å²) in [4.78, 5) is 0. The minimum atomic E-state index is -0.625. The second kappa shape index (κ2) is 8.04. The summed E-state index contributed by atoms with van der Waals surface area (Å²) in [7, 11) is 3.20. The first-order chi connectivity index (χ1) is 10.6. The highest BCUT2D eigenvalue weighted by atomic mass is 16.7. The van der Waals surface area contributed by atoms with Crippen molar-refractivity contribution < 1.29 is 24.1 Å². The van der Waals surface area contributed by atoms with Crippen molar-refractivity contribution in [2.45, 2.75) is 57.6 Å². The van der Waals surface area contributed by atoms with Crippen LogP contribution in [0.4, 0.5) is 0 Å². The van der Waals surface area contributed by atoms with E-state index in [4.69, 9.17) is 18.9 Å². The Morgan fingerprint density at radius 2 is 1.95 bits per heavy atom. The number of aliphatic hydroxyl groups excluding tert-OH is 1. The van der Waals surface area contributed by atoms with Crippen molar-refractivity contribution in [3.8, 4) is 0 Å². The van der Waals surface area contributed by atoms with Gasteiger partial charge < -0.3 is 24.1 Å². The lowest BCUT2D eigenvalue weighted by Crippen LogP contribution is -2.53. The van der Waals surface area contributed by atoms with Gasteiger partial charge in [0.15, 0.2) is 6.29 Å². The number of benzene rings is 1. The molecule has 5 nitrogen and oxygen atoms in total. The zero-order chi connectivity index (χ0) is 16.1. The van der Waals surface area contributed by atoms with Gasteiger partial charge in [-0.25, -0.2) is 0 Å². The standard InChI is InChI=1S/C17H26O5/c1-11-7-5-6-8-13(11)10-21-15-9-14(19-3)16(12(2)18)22-17(15)20-4/h5-8,12,14-18H,9-10H2,1-4H3/t12-,14-,15+,16+,17+/m1/s1. The summed E-state index contributed by atoms with van der Waals surface area (Å²) < 4.78 is 22.6. The predicted octanol–water partition coefficient (Wildman–Crippen LogP) is 2.04. The van der Waals surface area contributed by atoms with Crippen molar-refractivity contribution in [3.05, 3.63) is 35.4 Å². The first-order valence-corrected chi connectivity index (χ1v) is 7.62. The van der Waals surface area contributed by atoms with E-state index < -0.39 is 18.5 Å². The molecule has 0 radical (unpaired) electrons. The Kier molecular flexibility index (Phi) is 6.35. The molecule has 0 amide bonds. The maximum absolute atomic E-state index is 9.82. The molecule has 5 heteroatoms. The molecule has 0 aromatic heterocycles. The van der Waals surface area contributed by atoms with Crippen molar-refractivity contribution in [1.29, 1.82) is 0 Å². The van der Waals surface area contributed by atoms with Crippen LogP contribution in [-0.2, 0) is 25.6 Å². The molecule has 1 aromatic rings. The maximum atomic E-state index is 9.82. The van der Waals surface area contributed by atoms with Gasteiger partial charge in [-0.3, -0.25) is 0 Å². The molecule has 1 fully saturated rings. The molecular formula is C17H26O5. The van der Waals surface area contributed by atoms with Gasteiger partial charge in [-0.15, -0.1) is 0 Å². The molecule has 0 unspecified atom stereocenters. The molecule has 0 spiro atoms. The van der Waals surface area contributed by atoms with Gasteiger partial charge in [0.25, 0.3) is 0 Å². The molecule has 1 saturated heterocycles. The Bertz CT molecular complexity index is 462. The molecule has 5 atom stereocenters. The summed E-state index contributed by atoms with van der Waals surface area (Å²) in [5.74, 6) is 0. The van der Waals surface area contributed by atoms with Crippen molar-refractivity contribution in [2.75, 3.05) is 14.2 Å². The van der Waals surface area contributed by atoms with E-state index in [0.29, 0.717) is 13.0 Å². The zero-order valence-electron chi connectivity index (χ0n) is 13.7. The summed E-state index contributed by atoms with van der Waals surface area (Å²) in [5, 5.41) is 9.82. The number of hydrogen-bond donors (Lipinski definition) is 1. The molecule has 1 N–H and O–H groups in total. The third-order valence-electron chi connectivity index (χ3n) is 4.15. The van der Waals surface area contributed by atoms with Gasteiger partial charge in [-0.05, 0) is 25.0 Å². The topological polar surface area (TPSA) is 57.2 Å². The van der Waals surface area contributed by atoms with Gasteiger partial charge in [0.2, 0.25) is 0 Å². The van der Waals surface area contributed by atoms with E-state index in [1.165, 1.54) is 5.56 Å². The van der Waals surface area contributed by atoms with Crippen LogP contribution in [0, 0.1) is 6.92 Å². The van der Waals surface area contributed by atoms with Crippen LogP contribution < -0.4 is 0 Å². The summed E-state index contributed by atoms with van der Waals surface area (Å²) in [6, 6.07) is 8.12. The lowest BCUT2D eigenvalue weighted by atomic mass is 9.98. The van der Waals surface area contributed by atoms with Crippen molar-refractivity contribution in [1.82, 2.24) is 0 Å². The van der Waals surface area contributed by atoms with Crippen LogP contribution in [0.25, 0.3) is 0 Å². The normalized spacial score (nSPS) is 30.2. The van der Waals surface area contributed by atoms with Gasteiger partial charge in [-0.2, -0.15) is 0 Å². The summed E-state index contributed by atoms with van der Waals surface area (Å²) in [6.45, 7) is 4.25. The third kappa shape index (κ3) is 4.06. The van der Waals surface area contributed by atoms with Gasteiger partial charge in [-0.1, -0.05) is 24.3 Å². The van der Waals surface area contributed by atoms with Gasteiger partial charge >= 0.3 is 0 Å². The Hall–Kier alpha value is -0.980. The molecule has 0 aliphatic carbocycles. The van der Waals surface area contributed by atoms with Crippen molar-refractivity contribution in [3.63, 3.8) is 0 Å². The second-order valence-corrected chi connectivity index (χ2v) is 5.73. The number of ether oxygens (including phenoxy) is 4. The van der Waals surface area contributed by atoms with E-state index in [1.54, 1.807) is 21.1 Å². The number of aryl methyl sites for hydroxylation is 1. The highest BCUT2D eigenvalue weighted by Gasteiger charge is 2.41. The summed E-state index contributed by atoms with van der Waals surface area (Å²) in [5.41, 5.74) is 2.34. The molecular weight excluding hydrogens is 284 g/mol. The van der Waals surface area contributed by atoms with Crippen LogP contribution in [0.3, 0.4) is 0 Å². The average molecular weight is 310 g/mol. The minimum absolute atomic E-state index is 0.215. The molecule has 2 rings (SSSR count). The molecule has 0 saturated carbocycles. The summed E-state index contributed by atoms with van der Waals surface area (Å²) in [6.07, 6.45) is -1.36. The number of rotatable bonds is 6. The van der Waals surface area contributed by atoms with Crippen LogP contribution in [0.5, 0.6) is 0 Å². The van der Waals surface area contributed by atoms with Gasteiger partial charge in [0.05, 0.1) is 18.8 Å². The highest BCUT2D eigenvalue weighted by molar-refractivity contribution is 5.24. The van der Waals surface area contributed by atoms with E-state index in [1.807, 2.05) is 18.2 Å². The fourth-order valence-electron chi connectivity index (χ4n) is 2.78. The van der Waals surface area contributed by atoms with Crippen molar-refractivity contribution >= 4 is 0 Å². The molecule has 1 heterocycles. The molecule has 1 aromatic carbocycles. The smallest absolute Gasteiger partial charge is 0.184 e. The van der Waals surface area contributed by atoms with Crippen LogP contribution in [0.15, 0.2) is 24.3 Å². The molecule has 1 aliphatic rings. The largest absolute Gasteiger partial charge is 0.391 e. The minimum Gasteiger partial charge on any atom is -0.391 e. The third-order valence-corrected chi connectivity index (χ3v) is 4.15. The van der Waals surface area contributed by atoms with E-state index >= 15 is 0 Å². The monoisotopic (exact) mass is 310 g/mol. The second-order valence-electron chi connectivity index (χ2n) is 5.73. The van der Waals surface area contributed by atoms with E-state index in [0.717, 1.165) is 5.56 Å². The first-order valence-electron chi connectivity index (χ1n) is 7.62. The highest BCUT2D eigenvalue weighted by Crippen LogP contribution is 2.28. The Labute approximate surface area is 132 Å². The van der Waals surface area contributed by atoms with Crippen LogP contribution in [0.1, 0.15) is 24.5 Å². The lowest BCUT2D eigenvalue weighted by molar-refractivity contribution is -0.285. The average Bonchev–Trinajstić information content (AvgIpc) is 2.53. The van der Waals surface area contributed by atoms with E-state index in [9.17, 15) is 5.11 Å². The Balaban J connectivity index is 2.01. The first kappa shape index (κ1) is 17.4. The number of hydrogen-bond acceptors (Lipinski definition) is 5. The van der Waals surface area contributed by atoms with Crippen LogP contribution in [0.2, 0.25) is 0 Å². The predicted molar refractivity (Wildman–Crippen MR) is 82.5 cm³/mol. The number of aliphatic hydroxyl groups is 1. The molecule has 0 bridgehead atoms. The van der Waals surface area contributed by atoms with Crippen LogP contribution in [-0.4, -0.2) is 50.0 Å². The van der Waals surface area contributed by atoms with Crippen LogP contribution >= 0.6 is 0 Å². The maximum Gasteiger partial charge on any atom is 0.184 e. The molecule has 1 aliphatic heterocycles. The van der Waals surface area contributed by atoms with Crippen molar-refractivity contribution in [2.24, 2.45) is 0 Å². The Morgan fingerprint density at radius 3 is 2.55 bits per heavy atom. The fraction of sp³-hybridized carbons (Fsp3) is 0.647. The van der Waals surface area contributed by atoms with E-state index in [2.05, 4.69) is 13.0 Å². The van der Waals surface area contributed by atoms with E-state index in [-0.39, 0.29) is 12.2 Å². The Morgan fingerprint density at radius 1 is 1.23 bits per heavy atom. The molecule has 22 heavy (non-hydrogen) atoms. The molecule has 124 valence electrons. The van der Waals surface area contributed by atoms with Gasteiger partial charge in [0.1, 0.15) is 12.2 Å². The number of methoxy groups -OCH3 is 2. The quantitative estimate of drug-likeness (QED) is 0.871. The van der Waals surface area contributed by atoms with Gasteiger partial charge in [0, 0.05) is 20.6 Å². The fourth-order valence-corrected chi connectivity index (χ4v) is 2.78.